The number of rotatable bonds is 4. The number of para-hydroxylation sites is 1. The van der Waals surface area contributed by atoms with Gasteiger partial charge in [-0.15, -0.1) is 0 Å². The number of aromatic nitrogens is 1. The first kappa shape index (κ1) is 18.5. The normalized spacial score (nSPS) is 15.5. The summed E-state index contributed by atoms with van der Waals surface area (Å²) < 4.78 is 2.00. The highest BCUT2D eigenvalue weighted by Gasteiger charge is 2.35. The zero-order valence-electron chi connectivity index (χ0n) is 16.1. The van der Waals surface area contributed by atoms with Crippen LogP contribution in [0.1, 0.15) is 11.3 Å². The van der Waals surface area contributed by atoms with Crippen molar-refractivity contribution in [3.63, 3.8) is 0 Å². The van der Waals surface area contributed by atoms with E-state index in [1.807, 2.05) is 95.7 Å². The Labute approximate surface area is 178 Å². The van der Waals surface area contributed by atoms with Gasteiger partial charge in [-0.1, -0.05) is 60.7 Å². The summed E-state index contributed by atoms with van der Waals surface area (Å²) in [6.07, 6.45) is 3.74. The van der Waals surface area contributed by atoms with Gasteiger partial charge >= 0.3 is 0 Å². The molecule has 3 aromatic carbocycles. The molecule has 1 aromatic heterocycles. The summed E-state index contributed by atoms with van der Waals surface area (Å²) >= 11 is 0.994. The van der Waals surface area contributed by atoms with Gasteiger partial charge in [0.25, 0.3) is 11.1 Å². The van der Waals surface area contributed by atoms with Crippen molar-refractivity contribution in [2.24, 2.45) is 0 Å². The van der Waals surface area contributed by atoms with E-state index in [9.17, 15) is 9.59 Å². The van der Waals surface area contributed by atoms with E-state index in [1.54, 1.807) is 6.08 Å². The van der Waals surface area contributed by atoms with E-state index >= 15 is 0 Å². The topological polar surface area (TPSA) is 42.3 Å². The summed E-state index contributed by atoms with van der Waals surface area (Å²) in [7, 11) is 0. The smallest absolute Gasteiger partial charge is 0.293 e. The molecule has 4 nitrogen and oxygen atoms in total. The number of thioether (sulfide) groups is 1. The molecule has 0 aliphatic carbocycles. The molecular formula is C25H18N2O2S. The SMILES string of the molecule is O=C1S/C(=C/c2cccn2-c2ccccc2)C(=O)N1Cc1cccc2ccccc12. The van der Waals surface area contributed by atoms with E-state index in [-0.39, 0.29) is 17.7 Å². The Bertz CT molecular complexity index is 1290. The third-order valence-electron chi connectivity index (χ3n) is 5.18. The van der Waals surface area contributed by atoms with Gasteiger partial charge in [-0.05, 0) is 58.4 Å². The van der Waals surface area contributed by atoms with Crippen molar-refractivity contribution in [1.29, 1.82) is 0 Å². The minimum absolute atomic E-state index is 0.239. The molecule has 1 aliphatic heterocycles. The van der Waals surface area contributed by atoms with E-state index in [2.05, 4.69) is 0 Å². The number of hydrogen-bond donors (Lipinski definition) is 0. The van der Waals surface area contributed by atoms with Gasteiger partial charge in [0.05, 0.1) is 11.4 Å². The van der Waals surface area contributed by atoms with Crippen LogP contribution in [-0.2, 0) is 11.3 Å². The van der Waals surface area contributed by atoms with Crippen molar-refractivity contribution in [3.8, 4) is 5.69 Å². The van der Waals surface area contributed by atoms with Gasteiger partial charge in [-0.2, -0.15) is 0 Å². The van der Waals surface area contributed by atoms with Gasteiger partial charge in [0.1, 0.15) is 0 Å². The van der Waals surface area contributed by atoms with Crippen LogP contribution in [0.25, 0.3) is 22.5 Å². The second-order valence-electron chi connectivity index (χ2n) is 7.04. The fourth-order valence-corrected chi connectivity index (χ4v) is 4.53. The molecule has 0 saturated carbocycles. The van der Waals surface area contributed by atoms with Crippen LogP contribution in [0.2, 0.25) is 0 Å². The molecule has 30 heavy (non-hydrogen) atoms. The first-order chi connectivity index (χ1) is 14.7. The maximum Gasteiger partial charge on any atom is 0.293 e. The Morgan fingerprint density at radius 3 is 2.43 bits per heavy atom. The monoisotopic (exact) mass is 410 g/mol. The Kier molecular flexibility index (Phi) is 4.73. The number of nitrogens with zero attached hydrogens (tertiary/aromatic N) is 2. The van der Waals surface area contributed by atoms with E-state index in [4.69, 9.17) is 0 Å². The van der Waals surface area contributed by atoms with Crippen molar-refractivity contribution < 1.29 is 9.59 Å². The zero-order valence-corrected chi connectivity index (χ0v) is 16.9. The summed E-state index contributed by atoms with van der Waals surface area (Å²) in [6.45, 7) is 0.267. The lowest BCUT2D eigenvalue weighted by atomic mass is 10.0. The molecule has 0 atom stereocenters. The average molecular weight is 410 g/mol. The molecule has 2 heterocycles. The lowest BCUT2D eigenvalue weighted by molar-refractivity contribution is -0.123. The van der Waals surface area contributed by atoms with Crippen molar-refractivity contribution >= 4 is 39.8 Å². The minimum atomic E-state index is -0.251. The highest BCUT2D eigenvalue weighted by molar-refractivity contribution is 8.18. The highest BCUT2D eigenvalue weighted by Crippen LogP contribution is 2.34. The predicted octanol–water partition coefficient (Wildman–Crippen LogP) is 5.87. The number of amides is 2. The summed E-state index contributed by atoms with van der Waals surface area (Å²) in [5, 5.41) is 1.91. The number of carbonyl (C=O) groups excluding carboxylic acids is 2. The standard InChI is InChI=1S/C25H18N2O2S/c28-24-23(16-21-13-7-15-26(21)20-11-2-1-3-12-20)30-25(29)27(24)17-19-10-6-9-18-8-4-5-14-22(18)19/h1-16H,17H2/b23-16+. The van der Waals surface area contributed by atoms with Gasteiger partial charge in [-0.25, -0.2) is 0 Å². The predicted molar refractivity (Wildman–Crippen MR) is 121 cm³/mol. The molecule has 0 unspecified atom stereocenters. The van der Waals surface area contributed by atoms with Crippen LogP contribution < -0.4 is 0 Å². The molecule has 1 aliphatic rings. The number of benzene rings is 3. The summed E-state index contributed by atoms with van der Waals surface area (Å²) in [5.41, 5.74) is 2.82. The molecule has 4 aromatic rings. The fraction of sp³-hybridized carbons (Fsp3) is 0.0400. The highest BCUT2D eigenvalue weighted by atomic mass is 32.2. The second kappa shape index (κ2) is 7.69. The summed E-state index contributed by atoms with van der Waals surface area (Å²) in [5.74, 6) is -0.251. The maximum absolute atomic E-state index is 13.0. The van der Waals surface area contributed by atoms with Crippen molar-refractivity contribution in [3.05, 3.63) is 107 Å². The molecule has 5 rings (SSSR count). The quantitative estimate of drug-likeness (QED) is 0.395. The Hall–Kier alpha value is -3.57. The molecule has 2 amide bonds. The van der Waals surface area contributed by atoms with Gasteiger partial charge < -0.3 is 4.57 Å². The second-order valence-corrected chi connectivity index (χ2v) is 8.04. The van der Waals surface area contributed by atoms with Gasteiger partial charge in [-0.3, -0.25) is 14.5 Å². The summed E-state index contributed by atoms with van der Waals surface area (Å²) in [4.78, 5) is 27.4. The minimum Gasteiger partial charge on any atom is -0.317 e. The van der Waals surface area contributed by atoms with Crippen LogP contribution in [0.4, 0.5) is 4.79 Å². The summed E-state index contributed by atoms with van der Waals surface area (Å²) in [6, 6.07) is 27.7. The molecule has 5 heteroatoms. The molecule has 1 saturated heterocycles. The van der Waals surface area contributed by atoms with Crippen molar-refractivity contribution in [1.82, 2.24) is 9.47 Å². The number of carbonyl (C=O) groups is 2. The molecule has 0 bridgehead atoms. The molecule has 0 spiro atoms. The molecule has 0 radical (unpaired) electrons. The third kappa shape index (κ3) is 3.33. The van der Waals surface area contributed by atoms with Gasteiger partial charge in [0.2, 0.25) is 0 Å². The maximum atomic E-state index is 13.0. The van der Waals surface area contributed by atoms with E-state index in [0.717, 1.165) is 39.5 Å². The van der Waals surface area contributed by atoms with E-state index < -0.39 is 0 Å². The molecule has 1 fully saturated rings. The molecule has 146 valence electrons. The van der Waals surface area contributed by atoms with Crippen molar-refractivity contribution in [2.45, 2.75) is 6.54 Å². The average Bonchev–Trinajstić information content (AvgIpc) is 3.35. The van der Waals surface area contributed by atoms with E-state index in [0.29, 0.717) is 4.91 Å². The Morgan fingerprint density at radius 2 is 1.57 bits per heavy atom. The van der Waals surface area contributed by atoms with Gasteiger partial charge in [0, 0.05) is 17.6 Å². The Balaban J connectivity index is 1.45. The lowest BCUT2D eigenvalue weighted by Crippen LogP contribution is -2.27. The number of fused-ring (bicyclic) bond motifs is 1. The molecular weight excluding hydrogens is 392 g/mol. The Morgan fingerprint density at radius 1 is 0.800 bits per heavy atom. The fourth-order valence-electron chi connectivity index (χ4n) is 3.71. The van der Waals surface area contributed by atoms with Crippen LogP contribution in [0, 0.1) is 0 Å². The van der Waals surface area contributed by atoms with Gasteiger partial charge in [0.15, 0.2) is 0 Å². The number of hydrogen-bond acceptors (Lipinski definition) is 3. The lowest BCUT2D eigenvalue weighted by Gasteiger charge is -2.14. The van der Waals surface area contributed by atoms with Crippen LogP contribution in [-0.4, -0.2) is 20.6 Å². The zero-order chi connectivity index (χ0) is 20.5. The van der Waals surface area contributed by atoms with Crippen LogP contribution in [0.15, 0.2) is 96.0 Å². The van der Waals surface area contributed by atoms with E-state index in [1.165, 1.54) is 4.90 Å². The van der Waals surface area contributed by atoms with Crippen molar-refractivity contribution in [2.75, 3.05) is 0 Å². The van der Waals surface area contributed by atoms with Crippen LogP contribution in [0.3, 0.4) is 0 Å². The third-order valence-corrected chi connectivity index (χ3v) is 6.08. The first-order valence-corrected chi connectivity index (χ1v) is 10.5. The number of imide groups is 1. The molecule has 0 N–H and O–H groups in total. The van der Waals surface area contributed by atoms with Crippen LogP contribution >= 0.6 is 11.8 Å². The first-order valence-electron chi connectivity index (χ1n) is 9.65. The van der Waals surface area contributed by atoms with Crippen LogP contribution in [0.5, 0.6) is 0 Å². The largest absolute Gasteiger partial charge is 0.317 e.